The molecule has 152 valence electrons. The average molecular weight is 416 g/mol. The maximum Gasteiger partial charge on any atom is 0.173 e. The maximum absolute atomic E-state index is 5.83. The monoisotopic (exact) mass is 415 g/mol. The lowest BCUT2D eigenvalue weighted by atomic mass is 9.99. The minimum atomic E-state index is 0.835. The number of likely N-dealkylation sites (tertiary alicyclic amines) is 1. The van der Waals surface area contributed by atoms with Gasteiger partial charge in [-0.05, 0) is 86.5 Å². The quantitative estimate of drug-likeness (QED) is 0.563. The van der Waals surface area contributed by atoms with Gasteiger partial charge in [0, 0.05) is 17.1 Å². The number of hydrogen-bond donors (Lipinski definition) is 1. The largest absolute Gasteiger partial charge is 0.344 e. The molecule has 0 saturated carbocycles. The molecule has 0 unspecified atom stereocenters. The summed E-state index contributed by atoms with van der Waals surface area (Å²) in [6, 6.07) is 12.8. The van der Waals surface area contributed by atoms with E-state index in [0.717, 1.165) is 42.6 Å². The summed E-state index contributed by atoms with van der Waals surface area (Å²) in [6.45, 7) is 10.1. The molecule has 0 radical (unpaired) electrons. The molecule has 0 bridgehead atoms. The van der Waals surface area contributed by atoms with Crippen LogP contribution in [0.15, 0.2) is 41.8 Å². The van der Waals surface area contributed by atoms with E-state index >= 15 is 0 Å². The summed E-state index contributed by atoms with van der Waals surface area (Å²) in [6.07, 6.45) is 4.83. The second kappa shape index (κ2) is 10.9. The van der Waals surface area contributed by atoms with Gasteiger partial charge in [-0.1, -0.05) is 38.1 Å². The van der Waals surface area contributed by atoms with E-state index in [1.165, 1.54) is 42.9 Å². The maximum atomic E-state index is 5.83. The summed E-state index contributed by atoms with van der Waals surface area (Å²) in [5.74, 6) is 0.891. The van der Waals surface area contributed by atoms with E-state index in [0.29, 0.717) is 0 Å². The first-order valence-electron chi connectivity index (χ1n) is 10.5. The molecule has 1 aromatic heterocycles. The van der Waals surface area contributed by atoms with Crippen molar-refractivity contribution in [2.45, 2.75) is 46.1 Å². The highest BCUT2D eigenvalue weighted by Crippen LogP contribution is 2.19. The zero-order chi connectivity index (χ0) is 19.8. The van der Waals surface area contributed by atoms with Gasteiger partial charge >= 0.3 is 0 Å². The van der Waals surface area contributed by atoms with Crippen molar-refractivity contribution >= 4 is 34.4 Å². The van der Waals surface area contributed by atoms with Crippen LogP contribution in [0, 0.1) is 5.92 Å². The molecule has 2 heterocycles. The molecule has 5 heteroatoms. The van der Waals surface area contributed by atoms with Crippen LogP contribution in [-0.4, -0.2) is 41.1 Å². The molecule has 0 spiro atoms. The molecule has 0 aliphatic carbocycles. The Balaban J connectivity index is 1.58. The number of thiocarbonyl (C=S) groups is 1. The summed E-state index contributed by atoms with van der Waals surface area (Å²) >= 11 is 7.63. The fourth-order valence-corrected chi connectivity index (χ4v) is 4.74. The van der Waals surface area contributed by atoms with Crippen LogP contribution < -0.4 is 5.32 Å². The third kappa shape index (κ3) is 6.29. The van der Waals surface area contributed by atoms with E-state index < -0.39 is 0 Å². The summed E-state index contributed by atoms with van der Waals surface area (Å²) in [5, 5.41) is 6.50. The Morgan fingerprint density at radius 2 is 2.00 bits per heavy atom. The predicted octanol–water partition coefficient (Wildman–Crippen LogP) is 5.63. The number of nitrogens with one attached hydrogen (secondary N) is 1. The topological polar surface area (TPSA) is 18.5 Å². The second-order valence-electron chi connectivity index (χ2n) is 7.82. The molecular formula is C23H33N3S2. The van der Waals surface area contributed by atoms with Crippen molar-refractivity contribution in [2.75, 3.05) is 31.5 Å². The van der Waals surface area contributed by atoms with E-state index in [1.54, 1.807) is 11.3 Å². The predicted molar refractivity (Wildman–Crippen MR) is 126 cm³/mol. The number of piperidine rings is 1. The smallest absolute Gasteiger partial charge is 0.173 e. The van der Waals surface area contributed by atoms with Crippen molar-refractivity contribution in [1.82, 2.24) is 9.80 Å². The molecule has 3 nitrogen and oxygen atoms in total. The van der Waals surface area contributed by atoms with Gasteiger partial charge in [0.25, 0.3) is 0 Å². The fraction of sp³-hybridized carbons (Fsp3) is 0.522. The van der Waals surface area contributed by atoms with Gasteiger partial charge < -0.3 is 15.1 Å². The van der Waals surface area contributed by atoms with E-state index in [-0.39, 0.29) is 0 Å². The zero-order valence-electron chi connectivity index (χ0n) is 17.2. The fourth-order valence-electron chi connectivity index (χ4n) is 3.76. The van der Waals surface area contributed by atoms with Crippen LogP contribution in [0.3, 0.4) is 0 Å². The first-order chi connectivity index (χ1) is 13.7. The van der Waals surface area contributed by atoms with Crippen molar-refractivity contribution in [3.05, 3.63) is 52.2 Å². The molecule has 3 rings (SSSR count). The Kier molecular flexibility index (Phi) is 8.31. The van der Waals surface area contributed by atoms with Crippen LogP contribution in [0.2, 0.25) is 0 Å². The molecule has 1 aliphatic rings. The number of para-hydroxylation sites is 1. The number of anilines is 1. The van der Waals surface area contributed by atoms with Crippen molar-refractivity contribution in [3.63, 3.8) is 0 Å². The minimum Gasteiger partial charge on any atom is -0.344 e. The Bertz CT molecular complexity index is 721. The lowest BCUT2D eigenvalue weighted by Gasteiger charge is -2.31. The molecule has 1 fully saturated rings. The van der Waals surface area contributed by atoms with Crippen LogP contribution >= 0.6 is 23.6 Å². The molecule has 1 aliphatic heterocycles. The summed E-state index contributed by atoms with van der Waals surface area (Å²) in [5.41, 5.74) is 2.44. The van der Waals surface area contributed by atoms with E-state index in [1.807, 2.05) is 0 Å². The van der Waals surface area contributed by atoms with Gasteiger partial charge in [0.15, 0.2) is 5.11 Å². The van der Waals surface area contributed by atoms with E-state index in [4.69, 9.17) is 12.2 Å². The van der Waals surface area contributed by atoms with Gasteiger partial charge in [-0.3, -0.25) is 0 Å². The van der Waals surface area contributed by atoms with E-state index in [2.05, 4.69) is 70.7 Å². The first kappa shape index (κ1) is 21.3. The lowest BCUT2D eigenvalue weighted by Crippen LogP contribution is -2.38. The lowest BCUT2D eigenvalue weighted by molar-refractivity contribution is 0.186. The Hall–Kier alpha value is -1.43. The van der Waals surface area contributed by atoms with Crippen LogP contribution in [0.4, 0.5) is 5.69 Å². The van der Waals surface area contributed by atoms with Crippen molar-refractivity contribution in [3.8, 4) is 0 Å². The average Bonchev–Trinajstić information content (AvgIpc) is 3.22. The first-order valence-corrected chi connectivity index (χ1v) is 11.8. The van der Waals surface area contributed by atoms with Gasteiger partial charge in [0.1, 0.15) is 0 Å². The van der Waals surface area contributed by atoms with Gasteiger partial charge in [-0.2, -0.15) is 0 Å². The van der Waals surface area contributed by atoms with Crippen LogP contribution in [-0.2, 0) is 13.0 Å². The normalized spacial score (nSPS) is 15.5. The third-order valence-electron chi connectivity index (χ3n) is 5.63. The molecular weight excluding hydrogens is 382 g/mol. The molecule has 0 amide bonds. The van der Waals surface area contributed by atoms with Gasteiger partial charge in [0.2, 0.25) is 0 Å². The Labute approximate surface area is 179 Å². The molecule has 28 heavy (non-hydrogen) atoms. The summed E-state index contributed by atoms with van der Waals surface area (Å²) in [4.78, 5) is 6.31. The molecule has 1 saturated heterocycles. The molecule has 1 N–H and O–H groups in total. The molecule has 1 aromatic carbocycles. The Morgan fingerprint density at radius 1 is 1.21 bits per heavy atom. The number of benzene rings is 1. The number of aryl methyl sites for hydroxylation is 1. The van der Waals surface area contributed by atoms with Crippen molar-refractivity contribution in [1.29, 1.82) is 0 Å². The van der Waals surface area contributed by atoms with Crippen molar-refractivity contribution < 1.29 is 0 Å². The van der Waals surface area contributed by atoms with Crippen LogP contribution in [0.5, 0.6) is 0 Å². The SMILES string of the molecule is CCc1ccccc1NC(=S)N(CCCN1CCC(C)CC1)Cc1cccs1. The zero-order valence-corrected chi connectivity index (χ0v) is 18.8. The summed E-state index contributed by atoms with van der Waals surface area (Å²) < 4.78 is 0. The highest BCUT2D eigenvalue weighted by Gasteiger charge is 2.17. The van der Waals surface area contributed by atoms with Crippen molar-refractivity contribution in [2.24, 2.45) is 5.92 Å². The highest BCUT2D eigenvalue weighted by atomic mass is 32.1. The minimum absolute atomic E-state index is 0.835. The molecule has 2 aromatic rings. The highest BCUT2D eigenvalue weighted by molar-refractivity contribution is 7.80. The van der Waals surface area contributed by atoms with E-state index in [9.17, 15) is 0 Å². The van der Waals surface area contributed by atoms with Gasteiger partial charge in [-0.25, -0.2) is 0 Å². The molecule has 0 atom stereocenters. The number of hydrogen-bond acceptors (Lipinski definition) is 3. The van der Waals surface area contributed by atoms with Crippen LogP contribution in [0.1, 0.15) is 43.6 Å². The second-order valence-corrected chi connectivity index (χ2v) is 9.24. The number of rotatable bonds is 8. The summed E-state index contributed by atoms with van der Waals surface area (Å²) in [7, 11) is 0. The standard InChI is InChI=1S/C23H33N3S2/c1-3-20-8-4-5-10-22(20)24-23(27)26(18-21-9-6-17-28-21)14-7-13-25-15-11-19(2)12-16-25/h4-6,8-10,17,19H,3,7,11-16,18H2,1-2H3,(H,24,27). The number of thiophene rings is 1. The Morgan fingerprint density at radius 3 is 2.71 bits per heavy atom. The third-order valence-corrected chi connectivity index (χ3v) is 6.85. The number of nitrogens with zero attached hydrogens (tertiary/aromatic N) is 2. The van der Waals surface area contributed by atoms with Gasteiger partial charge in [0.05, 0.1) is 6.54 Å². The van der Waals surface area contributed by atoms with Crippen LogP contribution in [0.25, 0.3) is 0 Å². The van der Waals surface area contributed by atoms with Gasteiger partial charge in [-0.15, -0.1) is 11.3 Å².